The fourth-order valence-corrected chi connectivity index (χ4v) is 2.27. The molecule has 0 amide bonds. The van der Waals surface area contributed by atoms with E-state index in [2.05, 4.69) is 49.1 Å². The molecule has 0 atom stereocenters. The predicted octanol–water partition coefficient (Wildman–Crippen LogP) is -10.5. The Balaban J connectivity index is -0.00000000530. The molecular weight excluding hydrogens is 1050 g/mol. The molecule has 0 bridgehead atoms. The first-order valence-electron chi connectivity index (χ1n) is 5.49. The summed E-state index contributed by atoms with van der Waals surface area (Å²) in [7, 11) is 0. The predicted molar refractivity (Wildman–Crippen MR) is 131 cm³/mol. The standard InChI is InChI=1S/C14H17N.6Mo.18H2O/c1-6-11-7-12(9(2)3)14(15)13(8-11)10(4)5;;;;;;;;;;;;;;;;;;;;;;;;/h1,7-10H,2-5H3;;;;;;;18*1H2/q+1;;;;;;;;;;;;;;;;;;;;;;;;. The molecule has 1 aromatic carbocycles. The molecule has 0 heterocycles. The van der Waals surface area contributed by atoms with E-state index >= 15 is 0 Å². The molecule has 36 N–H and O–H groups in total. The number of terminal acetylenes is 1. The number of nitrogens with zero attached hydrogens (tertiary/aromatic N) is 1. The monoisotopic (exact) mass is 1110 g/mol. The van der Waals surface area contributed by atoms with E-state index in [1.807, 2.05) is 0 Å². The molecule has 0 saturated heterocycles. The van der Waals surface area contributed by atoms with E-state index in [1.54, 1.807) is 19.4 Å². The molecule has 0 spiro atoms. The Hall–Kier alpha value is 1.90. The van der Waals surface area contributed by atoms with Crippen LogP contribution < -0.4 is 0 Å². The van der Waals surface area contributed by atoms with Gasteiger partial charge in [0.15, 0.2) is 0 Å². The van der Waals surface area contributed by atoms with Gasteiger partial charge in [0.05, 0.1) is 0 Å². The summed E-state index contributed by atoms with van der Waals surface area (Å²) < 4.78 is 4.43. The van der Waals surface area contributed by atoms with Gasteiger partial charge >= 0.3 is 109 Å². The fourth-order valence-electron chi connectivity index (χ4n) is 1.75. The number of hydrogen-bond donors (Lipinski definition) is 0. The van der Waals surface area contributed by atoms with Crippen LogP contribution in [0, 0.1) is 12.3 Å². The molecule has 25 heteroatoms. The van der Waals surface area contributed by atoms with Gasteiger partial charge in [0.1, 0.15) is 0 Å². The molecule has 0 aliphatic carbocycles. The summed E-state index contributed by atoms with van der Waals surface area (Å²) >= 11 is 1.78. The van der Waals surface area contributed by atoms with Crippen molar-refractivity contribution in [1.82, 2.24) is 0 Å². The van der Waals surface area contributed by atoms with Gasteiger partial charge in [0.2, 0.25) is 0 Å². The van der Waals surface area contributed by atoms with Gasteiger partial charge in [0, 0.05) is 105 Å². The van der Waals surface area contributed by atoms with E-state index < -0.39 is 0 Å². The third kappa shape index (κ3) is 64.1. The summed E-state index contributed by atoms with van der Waals surface area (Å²) in [4.78, 5) is 0. The molecule has 1 aromatic rings. The Bertz CT molecular complexity index is 495. The Morgan fingerprint density at radius 3 is 0.795 bits per heavy atom. The van der Waals surface area contributed by atoms with Crippen molar-refractivity contribution in [3.63, 3.8) is 0 Å². The molecule has 257 valence electrons. The second-order valence-electron chi connectivity index (χ2n) is 4.55. The first-order chi connectivity index (χ1) is 7.51. The minimum absolute atomic E-state index is 0. The van der Waals surface area contributed by atoms with Crippen molar-refractivity contribution in [1.29, 1.82) is 0 Å². The van der Waals surface area contributed by atoms with Crippen molar-refractivity contribution in [3.8, 4) is 12.3 Å². The molecule has 0 saturated carbocycles. The SMILES string of the molecule is C#Cc1cc(C(C)C)c([N+]#[Mo])c(C(C)C)c1.O.O.O.O.O.O.O.O.O.O.O.O.O.O.O.O.O.O.[Mo].[Mo].[Mo].[Mo].[Mo]. The smallest absolute Gasteiger partial charge is 0 e. The van der Waals surface area contributed by atoms with Crippen LogP contribution in [-0.2, 0) is 125 Å². The van der Waals surface area contributed by atoms with E-state index in [9.17, 15) is 0 Å². The van der Waals surface area contributed by atoms with E-state index in [4.69, 9.17) is 6.42 Å². The summed E-state index contributed by atoms with van der Waals surface area (Å²) in [5.74, 6) is 3.63. The van der Waals surface area contributed by atoms with Crippen LogP contribution >= 0.6 is 0 Å². The van der Waals surface area contributed by atoms with Crippen LogP contribution in [0.5, 0.6) is 0 Å². The third-order valence-electron chi connectivity index (χ3n) is 2.67. The first kappa shape index (κ1) is 203. The topological polar surface area (TPSA) is 571 Å². The zero-order valence-electron chi connectivity index (χ0n) is 21.3. The molecule has 1 rings (SSSR count). The number of rotatable bonds is 2. The summed E-state index contributed by atoms with van der Waals surface area (Å²) in [6.45, 7) is 8.70. The van der Waals surface area contributed by atoms with Gasteiger partial charge in [0.25, 0.3) is 0 Å². The Morgan fingerprint density at radius 1 is 0.513 bits per heavy atom. The van der Waals surface area contributed by atoms with Crippen LogP contribution in [0.3, 0.4) is 0 Å². The van der Waals surface area contributed by atoms with E-state index in [0.29, 0.717) is 11.8 Å². The molecule has 0 aliphatic heterocycles. The zero-order chi connectivity index (χ0) is 12.3. The maximum atomic E-state index is 5.50. The van der Waals surface area contributed by atoms with Crippen LogP contribution in [0.2, 0.25) is 0 Å². The normalized spacial score (nSPS) is 4.21. The van der Waals surface area contributed by atoms with Crippen molar-refractivity contribution in [2.45, 2.75) is 39.5 Å². The van der Waals surface area contributed by atoms with Crippen molar-refractivity contribution in [2.75, 3.05) is 0 Å². The second-order valence-corrected chi connectivity index (χ2v) is 5.00. The number of benzene rings is 1. The van der Waals surface area contributed by atoms with Crippen molar-refractivity contribution in [2.24, 2.45) is 0 Å². The Kier molecular flexibility index (Phi) is 551. The van der Waals surface area contributed by atoms with Gasteiger partial charge < -0.3 is 98.6 Å². The van der Waals surface area contributed by atoms with Gasteiger partial charge in [-0.25, -0.2) is 0 Å². The average molecular weight is 1100 g/mol. The summed E-state index contributed by atoms with van der Waals surface area (Å²) in [6.07, 6.45) is 5.50. The Labute approximate surface area is 310 Å². The van der Waals surface area contributed by atoms with Gasteiger partial charge in [-0.3, -0.25) is 0 Å². The van der Waals surface area contributed by atoms with Crippen molar-refractivity contribution >= 4 is 5.69 Å². The fraction of sp³-hybridized carbons (Fsp3) is 0.429. The quantitative estimate of drug-likeness (QED) is 0.197. The molecule has 0 fully saturated rings. The van der Waals surface area contributed by atoms with E-state index in [-0.39, 0.29) is 204 Å². The zero-order valence-corrected chi connectivity index (χ0v) is 33.3. The Morgan fingerprint density at radius 2 is 0.692 bits per heavy atom. The van der Waals surface area contributed by atoms with Crippen LogP contribution in [0.25, 0.3) is 3.31 Å². The van der Waals surface area contributed by atoms with Gasteiger partial charge in [-0.2, -0.15) is 0 Å². The van der Waals surface area contributed by atoms with Gasteiger partial charge in [-0.05, 0) is 0 Å². The maximum Gasteiger partial charge on any atom is 0 e. The van der Waals surface area contributed by atoms with Gasteiger partial charge in [-0.1, -0.05) is 0 Å². The van der Waals surface area contributed by atoms with Crippen molar-refractivity contribution < 1.29 is 223 Å². The summed E-state index contributed by atoms with van der Waals surface area (Å²) in [5.41, 5.74) is 4.59. The second kappa shape index (κ2) is 106. The summed E-state index contributed by atoms with van der Waals surface area (Å²) in [6, 6.07) is 4.17. The minimum atomic E-state index is 0. The molecule has 0 aromatic heterocycles. The molecule has 0 unspecified atom stereocenters. The molecule has 19 nitrogen and oxygen atoms in total. The minimum Gasteiger partial charge on any atom is -0.412 e. The molecular formula is C14H53Mo6NO18+. The van der Waals surface area contributed by atoms with Crippen LogP contribution in [0.15, 0.2) is 12.1 Å². The van der Waals surface area contributed by atoms with Crippen molar-refractivity contribution in [3.05, 3.63) is 32.1 Å². The van der Waals surface area contributed by atoms with Crippen LogP contribution in [-0.4, -0.2) is 98.6 Å². The van der Waals surface area contributed by atoms with Crippen LogP contribution in [0.4, 0.5) is 5.69 Å². The van der Waals surface area contributed by atoms with E-state index in [1.165, 1.54) is 11.1 Å². The molecule has 0 radical (unpaired) electrons. The largest absolute Gasteiger partial charge is 0.412 e. The third-order valence-corrected chi connectivity index (χ3v) is 3.12. The average Bonchev–Trinajstić information content (AvgIpc) is 2.26. The summed E-state index contributed by atoms with van der Waals surface area (Å²) in [5, 5.41) is 0. The first-order valence-corrected chi connectivity index (χ1v) is 6.38. The van der Waals surface area contributed by atoms with Gasteiger partial charge in [-0.15, -0.1) is 0 Å². The van der Waals surface area contributed by atoms with Crippen LogP contribution in [0.1, 0.15) is 56.2 Å². The molecule has 0 aliphatic rings. The number of hydrogen-bond acceptors (Lipinski definition) is 0. The molecule has 39 heavy (non-hydrogen) atoms. The maximum absolute atomic E-state index is 5.50. The van der Waals surface area contributed by atoms with E-state index in [0.717, 1.165) is 11.3 Å².